The number of hydrogen-bond donors (Lipinski definition) is 1. The summed E-state index contributed by atoms with van der Waals surface area (Å²) in [5.74, 6) is -0.303. The predicted molar refractivity (Wildman–Crippen MR) is 79.3 cm³/mol. The molecule has 0 fully saturated rings. The van der Waals surface area contributed by atoms with E-state index in [9.17, 15) is 14.5 Å². The molecule has 0 saturated carbocycles. The van der Waals surface area contributed by atoms with E-state index in [0.717, 1.165) is 11.3 Å². The Morgan fingerprint density at radius 1 is 1.30 bits per heavy atom. The van der Waals surface area contributed by atoms with Crippen LogP contribution in [0.5, 0.6) is 0 Å². The summed E-state index contributed by atoms with van der Waals surface area (Å²) in [7, 11) is 0. The third-order valence-corrected chi connectivity index (χ3v) is 3.40. The topological polar surface area (TPSA) is 55.2 Å². The zero-order valence-corrected chi connectivity index (χ0v) is 12.3. The molecule has 20 heavy (non-hydrogen) atoms. The Balaban J connectivity index is 2.20. The van der Waals surface area contributed by atoms with Gasteiger partial charge in [-0.25, -0.2) is 4.39 Å². The predicted octanol–water partition coefficient (Wildman–Crippen LogP) is 4.42. The van der Waals surface area contributed by atoms with Gasteiger partial charge in [-0.05, 0) is 42.8 Å². The molecule has 0 aliphatic carbocycles. The number of aryl methyl sites for hydroxylation is 1. The molecule has 0 radical (unpaired) electrons. The lowest BCUT2D eigenvalue weighted by molar-refractivity contribution is -0.385. The molecule has 0 spiro atoms. The number of nitrogens with one attached hydrogen (secondary N) is 1. The molecule has 0 atom stereocenters. The van der Waals surface area contributed by atoms with Crippen LogP contribution in [-0.2, 0) is 6.54 Å². The number of benzene rings is 2. The van der Waals surface area contributed by atoms with Gasteiger partial charge in [0.1, 0.15) is 5.82 Å². The second kappa shape index (κ2) is 6.00. The molecule has 0 bridgehead atoms. The molecule has 0 amide bonds. The van der Waals surface area contributed by atoms with Gasteiger partial charge in [-0.2, -0.15) is 0 Å². The Hall–Kier alpha value is -1.95. The number of rotatable bonds is 4. The average Bonchev–Trinajstić information content (AvgIpc) is 2.38. The lowest BCUT2D eigenvalue weighted by Crippen LogP contribution is -2.04. The van der Waals surface area contributed by atoms with Crippen LogP contribution >= 0.6 is 15.9 Å². The largest absolute Gasteiger partial charge is 0.380 e. The number of anilines is 1. The highest BCUT2D eigenvalue weighted by Crippen LogP contribution is 2.25. The smallest absolute Gasteiger partial charge is 0.275 e. The molecular weight excluding hydrogens is 327 g/mol. The molecule has 4 nitrogen and oxygen atoms in total. The van der Waals surface area contributed by atoms with Crippen LogP contribution in [0, 0.1) is 22.9 Å². The van der Waals surface area contributed by atoms with Crippen LogP contribution in [0.2, 0.25) is 0 Å². The van der Waals surface area contributed by atoms with Gasteiger partial charge >= 0.3 is 0 Å². The lowest BCUT2D eigenvalue weighted by Gasteiger charge is -2.10. The van der Waals surface area contributed by atoms with Crippen LogP contribution in [0.4, 0.5) is 15.8 Å². The van der Waals surface area contributed by atoms with E-state index in [1.165, 1.54) is 18.2 Å². The summed E-state index contributed by atoms with van der Waals surface area (Å²) in [6, 6.07) is 9.29. The van der Waals surface area contributed by atoms with Crippen LogP contribution < -0.4 is 5.32 Å². The molecule has 104 valence electrons. The van der Waals surface area contributed by atoms with Gasteiger partial charge in [0.25, 0.3) is 5.69 Å². The van der Waals surface area contributed by atoms with Crippen LogP contribution in [0.25, 0.3) is 0 Å². The van der Waals surface area contributed by atoms with E-state index in [2.05, 4.69) is 21.2 Å². The second-order valence-electron chi connectivity index (χ2n) is 4.34. The van der Waals surface area contributed by atoms with E-state index in [1.807, 2.05) is 0 Å². The number of hydrogen-bond acceptors (Lipinski definition) is 3. The van der Waals surface area contributed by atoms with E-state index in [4.69, 9.17) is 0 Å². The molecule has 2 aromatic carbocycles. The van der Waals surface area contributed by atoms with E-state index in [-0.39, 0.29) is 11.5 Å². The molecule has 2 rings (SSSR count). The molecule has 0 saturated heterocycles. The van der Waals surface area contributed by atoms with Crippen molar-refractivity contribution in [2.45, 2.75) is 13.5 Å². The Bertz CT molecular complexity index is 662. The third-order valence-electron chi connectivity index (χ3n) is 2.90. The SMILES string of the molecule is Cc1cc(F)ccc1NCc1ccc(Br)cc1[N+](=O)[O-]. The molecule has 2 aromatic rings. The van der Waals surface area contributed by atoms with Gasteiger partial charge in [0.2, 0.25) is 0 Å². The first-order chi connectivity index (χ1) is 9.47. The van der Waals surface area contributed by atoms with Crippen LogP contribution in [0.15, 0.2) is 40.9 Å². The number of nitro benzene ring substituents is 1. The minimum atomic E-state index is -0.417. The summed E-state index contributed by atoms with van der Waals surface area (Å²) >= 11 is 3.21. The van der Waals surface area contributed by atoms with Crippen LogP contribution in [0.3, 0.4) is 0 Å². The summed E-state index contributed by atoms with van der Waals surface area (Å²) in [4.78, 5) is 10.6. The number of halogens is 2. The highest BCUT2D eigenvalue weighted by molar-refractivity contribution is 9.10. The zero-order chi connectivity index (χ0) is 14.7. The first kappa shape index (κ1) is 14.5. The van der Waals surface area contributed by atoms with Crippen LogP contribution in [0.1, 0.15) is 11.1 Å². The van der Waals surface area contributed by atoms with Crippen molar-refractivity contribution in [1.82, 2.24) is 0 Å². The van der Waals surface area contributed by atoms with Gasteiger partial charge in [-0.3, -0.25) is 10.1 Å². The molecular formula is C14H12BrFN2O2. The van der Waals surface area contributed by atoms with Crippen molar-refractivity contribution in [3.63, 3.8) is 0 Å². The van der Waals surface area contributed by atoms with E-state index < -0.39 is 4.92 Å². The minimum Gasteiger partial charge on any atom is -0.380 e. The lowest BCUT2D eigenvalue weighted by atomic mass is 10.1. The maximum absolute atomic E-state index is 13.0. The highest BCUT2D eigenvalue weighted by Gasteiger charge is 2.14. The summed E-state index contributed by atoms with van der Waals surface area (Å²) in [5, 5.41) is 14.1. The van der Waals surface area contributed by atoms with E-state index in [1.54, 1.807) is 25.1 Å². The molecule has 1 N–H and O–H groups in total. The van der Waals surface area contributed by atoms with Crippen molar-refractivity contribution in [2.24, 2.45) is 0 Å². The molecule has 6 heteroatoms. The monoisotopic (exact) mass is 338 g/mol. The first-order valence-corrected chi connectivity index (χ1v) is 6.69. The normalized spacial score (nSPS) is 10.3. The van der Waals surface area contributed by atoms with Gasteiger partial charge < -0.3 is 5.32 Å². The number of nitrogens with zero attached hydrogens (tertiary/aromatic N) is 1. The fourth-order valence-electron chi connectivity index (χ4n) is 1.87. The quantitative estimate of drug-likeness (QED) is 0.663. The highest BCUT2D eigenvalue weighted by atomic mass is 79.9. The second-order valence-corrected chi connectivity index (χ2v) is 5.26. The van der Waals surface area contributed by atoms with Crippen molar-refractivity contribution in [3.8, 4) is 0 Å². The Morgan fingerprint density at radius 3 is 2.70 bits per heavy atom. The summed E-state index contributed by atoms with van der Waals surface area (Å²) < 4.78 is 13.7. The summed E-state index contributed by atoms with van der Waals surface area (Å²) in [6.45, 7) is 2.08. The van der Waals surface area contributed by atoms with Crippen molar-refractivity contribution < 1.29 is 9.31 Å². The molecule has 0 unspecified atom stereocenters. The number of nitro groups is 1. The zero-order valence-electron chi connectivity index (χ0n) is 10.7. The first-order valence-electron chi connectivity index (χ1n) is 5.90. The summed E-state index contributed by atoms with van der Waals surface area (Å²) in [6.07, 6.45) is 0. The maximum Gasteiger partial charge on any atom is 0.275 e. The van der Waals surface area contributed by atoms with Gasteiger partial charge in [-0.15, -0.1) is 0 Å². The van der Waals surface area contributed by atoms with Gasteiger partial charge in [-0.1, -0.05) is 15.9 Å². The molecule has 0 aromatic heterocycles. The standard InChI is InChI=1S/C14H12BrFN2O2/c1-9-6-12(16)4-5-13(9)17-8-10-2-3-11(15)7-14(10)18(19)20/h2-7,17H,8H2,1H3. The van der Waals surface area contributed by atoms with E-state index >= 15 is 0 Å². The molecule has 0 aliphatic heterocycles. The van der Waals surface area contributed by atoms with Crippen molar-refractivity contribution in [1.29, 1.82) is 0 Å². The van der Waals surface area contributed by atoms with Gasteiger partial charge in [0.15, 0.2) is 0 Å². The van der Waals surface area contributed by atoms with Crippen LogP contribution in [-0.4, -0.2) is 4.92 Å². The Morgan fingerprint density at radius 2 is 2.05 bits per heavy atom. The van der Waals surface area contributed by atoms with Crippen molar-refractivity contribution in [2.75, 3.05) is 5.32 Å². The third kappa shape index (κ3) is 3.33. The summed E-state index contributed by atoms with van der Waals surface area (Å²) in [5.41, 5.74) is 2.13. The van der Waals surface area contributed by atoms with E-state index in [0.29, 0.717) is 16.6 Å². The fraction of sp³-hybridized carbons (Fsp3) is 0.143. The maximum atomic E-state index is 13.0. The Labute approximate surface area is 123 Å². The van der Waals surface area contributed by atoms with Crippen molar-refractivity contribution >= 4 is 27.3 Å². The minimum absolute atomic E-state index is 0.0478. The Kier molecular flexibility index (Phi) is 4.34. The van der Waals surface area contributed by atoms with Crippen molar-refractivity contribution in [3.05, 3.63) is 67.9 Å². The molecule has 0 aliphatic rings. The average molecular weight is 339 g/mol. The fourth-order valence-corrected chi connectivity index (χ4v) is 2.22. The van der Waals surface area contributed by atoms with Gasteiger partial charge in [0.05, 0.1) is 4.92 Å². The molecule has 0 heterocycles. The van der Waals surface area contributed by atoms with Gasteiger partial charge in [0, 0.05) is 28.3 Å².